The van der Waals surface area contributed by atoms with E-state index < -0.39 is 12.0 Å². The number of carbonyl (C=O) groups is 2. The highest BCUT2D eigenvalue weighted by Gasteiger charge is 2.36. The third kappa shape index (κ3) is 3.87. The van der Waals surface area contributed by atoms with Gasteiger partial charge in [0.15, 0.2) is 11.5 Å². The molecule has 7 nitrogen and oxygen atoms in total. The third-order valence-electron chi connectivity index (χ3n) is 5.24. The van der Waals surface area contributed by atoms with Crippen LogP contribution in [0, 0.1) is 0 Å². The molecule has 0 fully saturated rings. The summed E-state index contributed by atoms with van der Waals surface area (Å²) < 4.78 is 17.1. The normalized spacial score (nSPS) is 17.8. The highest BCUT2D eigenvalue weighted by Crippen LogP contribution is 2.42. The predicted octanol–water partition coefficient (Wildman–Crippen LogP) is 3.93. The second-order valence-electron chi connectivity index (χ2n) is 7.04. The van der Waals surface area contributed by atoms with Gasteiger partial charge in [0.1, 0.15) is 0 Å². The maximum absolute atomic E-state index is 13.1. The molecule has 8 heteroatoms. The topological polar surface area (TPSA) is 77.1 Å². The standard InChI is InChI=1S/C22H21BrN2O5/c1-13-19(21(26)28-9-8-14-6-4-3-5-7-14)20(24-22(27)25(13)2)15-10-17-18(11-16(15)23)30-12-29-17/h3-7,10-11,20H,8-9,12H2,1-2H3,(H,24,27)/t20-/m1/s1. The summed E-state index contributed by atoms with van der Waals surface area (Å²) in [6.07, 6.45) is 0.611. The van der Waals surface area contributed by atoms with Crippen LogP contribution >= 0.6 is 15.9 Å². The average molecular weight is 473 g/mol. The number of hydrogen-bond donors (Lipinski definition) is 1. The van der Waals surface area contributed by atoms with Crippen LogP contribution in [0.5, 0.6) is 11.5 Å². The van der Waals surface area contributed by atoms with E-state index in [2.05, 4.69) is 21.2 Å². The Balaban J connectivity index is 1.61. The molecular formula is C22H21BrN2O5. The van der Waals surface area contributed by atoms with Gasteiger partial charge in [0.25, 0.3) is 0 Å². The summed E-state index contributed by atoms with van der Waals surface area (Å²) in [6, 6.07) is 12.4. The summed E-state index contributed by atoms with van der Waals surface area (Å²) in [5.41, 5.74) is 2.69. The summed E-state index contributed by atoms with van der Waals surface area (Å²) >= 11 is 3.53. The summed E-state index contributed by atoms with van der Waals surface area (Å²) in [6.45, 7) is 2.11. The molecule has 0 saturated carbocycles. The fourth-order valence-electron chi connectivity index (χ4n) is 3.47. The minimum absolute atomic E-state index is 0.133. The molecule has 0 aliphatic carbocycles. The Morgan fingerprint density at radius 3 is 2.67 bits per heavy atom. The first-order valence-corrected chi connectivity index (χ1v) is 10.3. The lowest BCUT2D eigenvalue weighted by Crippen LogP contribution is -2.46. The maximum Gasteiger partial charge on any atom is 0.338 e. The number of halogens is 1. The van der Waals surface area contributed by atoms with Gasteiger partial charge in [-0.05, 0) is 30.2 Å². The first-order valence-electron chi connectivity index (χ1n) is 9.51. The molecule has 1 atom stereocenters. The van der Waals surface area contributed by atoms with Crippen molar-refractivity contribution in [3.63, 3.8) is 0 Å². The molecule has 2 heterocycles. The summed E-state index contributed by atoms with van der Waals surface area (Å²) in [4.78, 5) is 26.9. The second kappa shape index (κ2) is 8.39. The number of nitrogens with one attached hydrogen (secondary N) is 1. The van der Waals surface area contributed by atoms with Crippen LogP contribution in [0.4, 0.5) is 4.79 Å². The monoisotopic (exact) mass is 472 g/mol. The number of amides is 2. The molecule has 0 radical (unpaired) electrons. The molecule has 0 unspecified atom stereocenters. The zero-order chi connectivity index (χ0) is 21.3. The van der Waals surface area contributed by atoms with Gasteiger partial charge in [-0.3, -0.25) is 0 Å². The fraction of sp³-hybridized carbons (Fsp3) is 0.273. The van der Waals surface area contributed by atoms with Crippen molar-refractivity contribution in [3.05, 3.63) is 69.3 Å². The Hall–Kier alpha value is -3.00. The Kier molecular flexibility index (Phi) is 5.67. The van der Waals surface area contributed by atoms with E-state index in [1.807, 2.05) is 30.3 Å². The van der Waals surface area contributed by atoms with Crippen LogP contribution in [0.25, 0.3) is 0 Å². The van der Waals surface area contributed by atoms with Crippen LogP contribution in [-0.2, 0) is 16.0 Å². The minimum atomic E-state index is -0.679. The average Bonchev–Trinajstić information content (AvgIpc) is 3.19. The molecule has 156 valence electrons. The van der Waals surface area contributed by atoms with Crippen molar-refractivity contribution in [1.82, 2.24) is 10.2 Å². The van der Waals surface area contributed by atoms with Crippen molar-refractivity contribution < 1.29 is 23.8 Å². The molecule has 2 aromatic carbocycles. The first kappa shape index (κ1) is 20.3. The molecule has 30 heavy (non-hydrogen) atoms. The van der Waals surface area contributed by atoms with E-state index in [9.17, 15) is 9.59 Å². The van der Waals surface area contributed by atoms with Crippen molar-refractivity contribution in [1.29, 1.82) is 0 Å². The zero-order valence-electron chi connectivity index (χ0n) is 16.6. The Labute approximate surface area is 182 Å². The van der Waals surface area contributed by atoms with E-state index in [0.29, 0.717) is 39.2 Å². The number of benzene rings is 2. The zero-order valence-corrected chi connectivity index (χ0v) is 18.2. The summed E-state index contributed by atoms with van der Waals surface area (Å²) in [5, 5.41) is 2.89. The van der Waals surface area contributed by atoms with E-state index in [1.165, 1.54) is 4.90 Å². The number of ether oxygens (including phenoxy) is 3. The van der Waals surface area contributed by atoms with Gasteiger partial charge in [0, 0.05) is 23.6 Å². The van der Waals surface area contributed by atoms with Gasteiger partial charge in [0.05, 0.1) is 18.2 Å². The summed E-state index contributed by atoms with van der Waals surface area (Å²) in [7, 11) is 1.62. The van der Waals surface area contributed by atoms with Gasteiger partial charge < -0.3 is 24.4 Å². The number of carbonyl (C=O) groups excluding carboxylic acids is 2. The molecule has 2 aliphatic heterocycles. The Morgan fingerprint density at radius 2 is 1.93 bits per heavy atom. The van der Waals surface area contributed by atoms with Gasteiger partial charge in [-0.15, -0.1) is 0 Å². The Morgan fingerprint density at radius 1 is 1.23 bits per heavy atom. The van der Waals surface area contributed by atoms with E-state index in [0.717, 1.165) is 5.56 Å². The SMILES string of the molecule is CC1=C(C(=O)OCCc2ccccc2)[C@@H](c2cc3c(cc2Br)OCO3)NC(=O)N1C. The summed E-state index contributed by atoms with van der Waals surface area (Å²) in [5.74, 6) is 0.707. The van der Waals surface area contributed by atoms with Crippen molar-refractivity contribution >= 4 is 27.9 Å². The van der Waals surface area contributed by atoms with Crippen molar-refractivity contribution in [2.75, 3.05) is 20.4 Å². The molecule has 2 aromatic rings. The van der Waals surface area contributed by atoms with Gasteiger partial charge in [-0.25, -0.2) is 9.59 Å². The minimum Gasteiger partial charge on any atom is -0.462 e. The van der Waals surface area contributed by atoms with Crippen LogP contribution in [-0.4, -0.2) is 37.3 Å². The molecule has 4 rings (SSSR count). The van der Waals surface area contributed by atoms with E-state index in [1.54, 1.807) is 26.1 Å². The van der Waals surface area contributed by atoms with Gasteiger partial charge in [0.2, 0.25) is 6.79 Å². The molecule has 2 amide bonds. The highest BCUT2D eigenvalue weighted by molar-refractivity contribution is 9.10. The van der Waals surface area contributed by atoms with E-state index in [-0.39, 0.29) is 19.4 Å². The van der Waals surface area contributed by atoms with Crippen LogP contribution in [0.2, 0.25) is 0 Å². The Bertz CT molecular complexity index is 1020. The molecule has 0 aromatic heterocycles. The van der Waals surface area contributed by atoms with Gasteiger partial charge >= 0.3 is 12.0 Å². The number of urea groups is 1. The number of rotatable bonds is 5. The van der Waals surface area contributed by atoms with Crippen molar-refractivity contribution in [2.24, 2.45) is 0 Å². The largest absolute Gasteiger partial charge is 0.462 e. The van der Waals surface area contributed by atoms with Crippen LogP contribution in [0.3, 0.4) is 0 Å². The highest BCUT2D eigenvalue weighted by atomic mass is 79.9. The lowest BCUT2D eigenvalue weighted by molar-refractivity contribution is -0.139. The predicted molar refractivity (Wildman–Crippen MR) is 113 cm³/mol. The quantitative estimate of drug-likeness (QED) is 0.666. The third-order valence-corrected chi connectivity index (χ3v) is 5.93. The van der Waals surface area contributed by atoms with Crippen molar-refractivity contribution in [3.8, 4) is 11.5 Å². The van der Waals surface area contributed by atoms with E-state index in [4.69, 9.17) is 14.2 Å². The molecule has 0 spiro atoms. The number of esters is 1. The molecule has 0 saturated heterocycles. The second-order valence-corrected chi connectivity index (χ2v) is 7.89. The van der Waals surface area contributed by atoms with E-state index >= 15 is 0 Å². The van der Waals surface area contributed by atoms with Crippen molar-refractivity contribution in [2.45, 2.75) is 19.4 Å². The molecule has 0 bridgehead atoms. The smallest absolute Gasteiger partial charge is 0.338 e. The lowest BCUT2D eigenvalue weighted by atomic mass is 9.94. The first-order chi connectivity index (χ1) is 14.5. The maximum atomic E-state index is 13.1. The molecule has 1 N–H and O–H groups in total. The number of fused-ring (bicyclic) bond motifs is 1. The fourth-order valence-corrected chi connectivity index (χ4v) is 4.02. The van der Waals surface area contributed by atoms with Gasteiger partial charge in [-0.1, -0.05) is 46.3 Å². The van der Waals surface area contributed by atoms with Crippen LogP contribution < -0.4 is 14.8 Å². The molecule has 2 aliphatic rings. The van der Waals surface area contributed by atoms with Crippen LogP contribution in [0.1, 0.15) is 24.1 Å². The molecular weight excluding hydrogens is 452 g/mol. The van der Waals surface area contributed by atoms with Crippen LogP contribution in [0.15, 0.2) is 58.2 Å². The number of hydrogen-bond acceptors (Lipinski definition) is 5. The number of nitrogens with zero attached hydrogens (tertiary/aromatic N) is 1. The lowest BCUT2D eigenvalue weighted by Gasteiger charge is -2.33. The number of allylic oxidation sites excluding steroid dienone is 1. The van der Waals surface area contributed by atoms with Gasteiger partial charge in [-0.2, -0.15) is 0 Å².